The van der Waals surface area contributed by atoms with Crippen LogP contribution < -0.4 is 22.2 Å². The molecular weight excluding hydrogens is 441 g/mol. The van der Waals surface area contributed by atoms with E-state index < -0.39 is 18.9 Å². The number of benzene rings is 2. The van der Waals surface area contributed by atoms with Crippen molar-refractivity contribution >= 4 is 51.6 Å². The van der Waals surface area contributed by atoms with E-state index in [0.717, 1.165) is 20.5 Å². The van der Waals surface area contributed by atoms with Crippen molar-refractivity contribution in [3.63, 3.8) is 0 Å². The number of carbonyl (C=O) groups excluding carboxylic acids is 2. The van der Waals surface area contributed by atoms with Gasteiger partial charge in [0.2, 0.25) is 5.91 Å². The lowest BCUT2D eigenvalue weighted by atomic mass is 9.80. The third kappa shape index (κ3) is 4.56. The Morgan fingerprint density at radius 2 is 1.82 bits per heavy atom. The molecule has 0 aliphatic heterocycles. The number of hydrogen-bond acceptors (Lipinski definition) is 8. The maximum Gasteiger partial charge on any atom is 0.488 e. The van der Waals surface area contributed by atoms with E-state index in [1.54, 1.807) is 30.3 Å². The van der Waals surface area contributed by atoms with Gasteiger partial charge in [0.25, 0.3) is 5.91 Å². The molecule has 0 aliphatic rings. The zero-order valence-corrected chi connectivity index (χ0v) is 18.4. The van der Waals surface area contributed by atoms with Crippen LogP contribution in [0.5, 0.6) is 0 Å². The number of nitrogens with zero attached hydrogens (tertiary/aromatic N) is 2. The van der Waals surface area contributed by atoms with Gasteiger partial charge < -0.3 is 26.8 Å². The minimum Gasteiger partial charge on any atom is -0.423 e. The Kier molecular flexibility index (Phi) is 6.10. The summed E-state index contributed by atoms with van der Waals surface area (Å²) in [6.45, 7) is 2.19. The van der Waals surface area contributed by atoms with Gasteiger partial charge >= 0.3 is 7.12 Å². The van der Waals surface area contributed by atoms with E-state index in [2.05, 4.69) is 15.3 Å². The van der Waals surface area contributed by atoms with Gasteiger partial charge in [0, 0.05) is 33.1 Å². The molecular formula is C22H20BN5O4S. The van der Waals surface area contributed by atoms with E-state index in [-0.39, 0.29) is 5.69 Å². The molecule has 11 heteroatoms. The summed E-state index contributed by atoms with van der Waals surface area (Å²) in [5.74, 6) is -0.577. The number of aryl methyl sites for hydroxylation is 1. The first-order chi connectivity index (χ1) is 15.7. The molecule has 0 saturated carbocycles. The molecule has 0 radical (unpaired) electrons. The number of carbonyl (C=O) groups is 2. The van der Waals surface area contributed by atoms with Crippen LogP contribution >= 0.6 is 11.3 Å². The predicted octanol–water partition coefficient (Wildman–Crippen LogP) is 1.16. The Hall–Kier alpha value is -3.80. The summed E-state index contributed by atoms with van der Waals surface area (Å²) >= 11 is 1.40. The SMILES string of the molecule is Cc1sc2c(C(N)=O)cccc2c1-c1nc(NCc2cccc(B(O)O)c2)cc(C(N)=O)n1. The van der Waals surface area contributed by atoms with Gasteiger partial charge in [-0.05, 0) is 24.0 Å². The number of amides is 2. The first-order valence-electron chi connectivity index (χ1n) is 9.94. The van der Waals surface area contributed by atoms with E-state index in [4.69, 9.17) is 11.5 Å². The number of hydrogen-bond donors (Lipinski definition) is 5. The van der Waals surface area contributed by atoms with Crippen LogP contribution in [0.15, 0.2) is 48.5 Å². The van der Waals surface area contributed by atoms with Crippen molar-refractivity contribution in [1.29, 1.82) is 0 Å². The molecule has 2 aromatic heterocycles. The van der Waals surface area contributed by atoms with Crippen LogP contribution in [0.4, 0.5) is 5.82 Å². The molecule has 0 aliphatic carbocycles. The van der Waals surface area contributed by atoms with Crippen LogP contribution in [-0.2, 0) is 6.54 Å². The quantitative estimate of drug-likeness (QED) is 0.258. The molecule has 9 nitrogen and oxygen atoms in total. The van der Waals surface area contributed by atoms with Gasteiger partial charge in [0.15, 0.2) is 5.82 Å². The molecule has 0 fully saturated rings. The fraction of sp³-hybridized carbons (Fsp3) is 0.0909. The van der Waals surface area contributed by atoms with Crippen LogP contribution in [0.2, 0.25) is 0 Å². The van der Waals surface area contributed by atoms with Gasteiger partial charge in [-0.3, -0.25) is 9.59 Å². The highest BCUT2D eigenvalue weighted by molar-refractivity contribution is 7.20. The molecule has 0 atom stereocenters. The molecule has 0 bridgehead atoms. The van der Waals surface area contributed by atoms with Crippen LogP contribution in [-0.4, -0.2) is 38.9 Å². The Bertz CT molecular complexity index is 1390. The smallest absolute Gasteiger partial charge is 0.423 e. The summed E-state index contributed by atoms with van der Waals surface area (Å²) in [7, 11) is -1.57. The van der Waals surface area contributed by atoms with Crippen molar-refractivity contribution in [2.45, 2.75) is 13.5 Å². The molecule has 2 heterocycles. The van der Waals surface area contributed by atoms with Gasteiger partial charge in [-0.25, -0.2) is 9.97 Å². The molecule has 0 saturated heterocycles. The normalized spacial score (nSPS) is 10.9. The molecule has 0 unspecified atom stereocenters. The molecule has 166 valence electrons. The summed E-state index contributed by atoms with van der Waals surface area (Å²) in [6, 6.07) is 13.5. The first-order valence-corrected chi connectivity index (χ1v) is 10.8. The van der Waals surface area contributed by atoms with Crippen molar-refractivity contribution in [1.82, 2.24) is 9.97 Å². The molecule has 2 aromatic carbocycles. The average molecular weight is 461 g/mol. The van der Waals surface area contributed by atoms with Gasteiger partial charge in [0.05, 0.1) is 5.56 Å². The number of primary amides is 2. The van der Waals surface area contributed by atoms with Gasteiger partial charge in [-0.1, -0.05) is 36.4 Å². The molecule has 33 heavy (non-hydrogen) atoms. The third-order valence-electron chi connectivity index (χ3n) is 5.08. The number of rotatable bonds is 7. The Labute approximate surface area is 193 Å². The summed E-state index contributed by atoms with van der Waals surface area (Å²) in [5.41, 5.74) is 13.3. The van der Waals surface area contributed by atoms with Gasteiger partial charge in [0.1, 0.15) is 11.5 Å². The lowest BCUT2D eigenvalue weighted by Crippen LogP contribution is -2.30. The first kappa shape index (κ1) is 22.4. The van der Waals surface area contributed by atoms with E-state index in [9.17, 15) is 19.6 Å². The number of fused-ring (bicyclic) bond motifs is 1. The lowest BCUT2D eigenvalue weighted by Gasteiger charge is -2.10. The fourth-order valence-electron chi connectivity index (χ4n) is 3.54. The molecule has 7 N–H and O–H groups in total. The molecule has 4 aromatic rings. The highest BCUT2D eigenvalue weighted by atomic mass is 32.1. The minimum atomic E-state index is -1.57. The summed E-state index contributed by atoms with van der Waals surface area (Å²) in [5, 5.41) is 22.6. The predicted molar refractivity (Wildman–Crippen MR) is 128 cm³/mol. The van der Waals surface area contributed by atoms with Crippen LogP contribution in [0.25, 0.3) is 21.5 Å². The largest absolute Gasteiger partial charge is 0.488 e. The molecule has 0 spiro atoms. The zero-order valence-electron chi connectivity index (χ0n) is 17.6. The maximum absolute atomic E-state index is 12.0. The standard InChI is InChI=1S/C22H20BN5O4S/c1-11-18(14-6-3-7-15(20(24)29)19(14)33-11)22-27-16(21(25)30)9-17(28-22)26-10-12-4-2-5-13(8-12)23(31)32/h2-9,31-32H,10H2,1H3,(H2,24,29)(H2,25,30)(H,26,27,28). The molecule has 2 amide bonds. The zero-order chi connectivity index (χ0) is 23.7. The Morgan fingerprint density at radius 3 is 2.52 bits per heavy atom. The van der Waals surface area contributed by atoms with Crippen molar-refractivity contribution in [2.24, 2.45) is 11.5 Å². The van der Waals surface area contributed by atoms with Crippen molar-refractivity contribution < 1.29 is 19.6 Å². The Morgan fingerprint density at radius 1 is 1.06 bits per heavy atom. The van der Waals surface area contributed by atoms with Crippen LogP contribution in [0.1, 0.15) is 31.3 Å². The lowest BCUT2D eigenvalue weighted by molar-refractivity contribution is 0.0990. The maximum atomic E-state index is 12.0. The van der Waals surface area contributed by atoms with Crippen LogP contribution in [0, 0.1) is 6.92 Å². The Balaban J connectivity index is 1.76. The van der Waals surface area contributed by atoms with Gasteiger partial charge in [-0.2, -0.15) is 0 Å². The minimum absolute atomic E-state index is 0.0341. The van der Waals surface area contributed by atoms with Crippen molar-refractivity contribution in [2.75, 3.05) is 5.32 Å². The van der Waals surface area contributed by atoms with E-state index in [1.165, 1.54) is 17.4 Å². The second-order valence-electron chi connectivity index (χ2n) is 7.38. The van der Waals surface area contributed by atoms with E-state index in [0.29, 0.717) is 34.8 Å². The number of aromatic nitrogens is 2. The summed E-state index contributed by atoms with van der Waals surface area (Å²) < 4.78 is 0.722. The number of nitrogens with one attached hydrogen (secondary N) is 1. The fourth-order valence-corrected chi connectivity index (χ4v) is 4.71. The molecule has 4 rings (SSSR count). The van der Waals surface area contributed by atoms with Gasteiger partial charge in [-0.15, -0.1) is 11.3 Å². The summed E-state index contributed by atoms with van der Waals surface area (Å²) in [6.07, 6.45) is 0. The number of nitrogens with two attached hydrogens (primary N) is 2. The highest BCUT2D eigenvalue weighted by Gasteiger charge is 2.20. The average Bonchev–Trinajstić information content (AvgIpc) is 3.13. The second-order valence-corrected chi connectivity index (χ2v) is 8.60. The van der Waals surface area contributed by atoms with Crippen LogP contribution in [0.3, 0.4) is 0 Å². The number of thiophene rings is 1. The third-order valence-corrected chi connectivity index (χ3v) is 6.24. The topological polar surface area (TPSA) is 164 Å². The highest BCUT2D eigenvalue weighted by Crippen LogP contribution is 2.38. The summed E-state index contributed by atoms with van der Waals surface area (Å²) in [4.78, 5) is 33.6. The van der Waals surface area contributed by atoms with Crippen molar-refractivity contribution in [3.8, 4) is 11.4 Å². The van der Waals surface area contributed by atoms with E-state index >= 15 is 0 Å². The second kappa shape index (κ2) is 8.98. The number of anilines is 1. The van der Waals surface area contributed by atoms with E-state index in [1.807, 2.05) is 19.1 Å². The van der Waals surface area contributed by atoms with Crippen molar-refractivity contribution in [3.05, 3.63) is 70.2 Å². The monoisotopic (exact) mass is 461 g/mol.